The van der Waals surface area contributed by atoms with Crippen LogP contribution in [-0.4, -0.2) is 35.8 Å². The van der Waals surface area contributed by atoms with E-state index in [0.717, 1.165) is 12.0 Å². The predicted octanol–water partition coefficient (Wildman–Crippen LogP) is 2.46. The van der Waals surface area contributed by atoms with Gasteiger partial charge in [-0.3, -0.25) is 9.36 Å². The van der Waals surface area contributed by atoms with Crippen molar-refractivity contribution in [1.82, 2.24) is 29.2 Å². The minimum absolute atomic E-state index is 0.0294. The molecule has 0 radical (unpaired) electrons. The summed E-state index contributed by atoms with van der Waals surface area (Å²) in [6.07, 6.45) is 3.73. The van der Waals surface area contributed by atoms with Crippen LogP contribution in [0, 0.1) is 0 Å². The van der Waals surface area contributed by atoms with Crippen molar-refractivity contribution in [3.05, 3.63) is 69.6 Å². The number of imidazole rings is 1. The molecule has 0 aliphatic carbocycles. The molecule has 1 fully saturated rings. The average molecular weight is 413 g/mol. The molecule has 9 nitrogen and oxygen atoms in total. The molecule has 1 aromatic carbocycles. The molecule has 1 saturated heterocycles. The first kappa shape index (κ1) is 18.0. The van der Waals surface area contributed by atoms with Crippen molar-refractivity contribution in [3.8, 4) is 0 Å². The summed E-state index contributed by atoms with van der Waals surface area (Å²) in [5.74, 6) is 0.960. The Morgan fingerprint density at radius 2 is 2.00 bits per heavy atom. The van der Waals surface area contributed by atoms with Gasteiger partial charge in [-0.25, -0.2) is 9.97 Å². The minimum atomic E-state index is -0.207. The Labute approximate surface area is 169 Å². The average Bonchev–Trinajstić information content (AvgIpc) is 3.45. The molecule has 5 rings (SSSR count). The normalized spacial score (nSPS) is 19.2. The lowest BCUT2D eigenvalue weighted by atomic mass is 10.0. The maximum atomic E-state index is 12.6. The lowest BCUT2D eigenvalue weighted by Gasteiger charge is -2.09. The van der Waals surface area contributed by atoms with Gasteiger partial charge in [-0.2, -0.15) is 4.98 Å². The fraction of sp³-hybridized carbons (Fsp3) is 0.316. The highest BCUT2D eigenvalue weighted by Crippen LogP contribution is 2.37. The monoisotopic (exact) mass is 412 g/mol. The number of ether oxygens (including phenoxy) is 1. The molecular formula is C19H17ClN6O3. The summed E-state index contributed by atoms with van der Waals surface area (Å²) in [7, 11) is 1.75. The molecule has 0 spiro atoms. The number of hydrogen-bond donors (Lipinski definition) is 0. The van der Waals surface area contributed by atoms with Gasteiger partial charge >= 0.3 is 0 Å². The third kappa shape index (κ3) is 3.32. The summed E-state index contributed by atoms with van der Waals surface area (Å²) in [5, 5.41) is 4.79. The Kier molecular flexibility index (Phi) is 4.40. The van der Waals surface area contributed by atoms with Crippen molar-refractivity contribution in [2.45, 2.75) is 25.0 Å². The molecule has 4 heterocycles. The van der Waals surface area contributed by atoms with E-state index in [0.29, 0.717) is 34.5 Å². The molecule has 1 aliphatic rings. The van der Waals surface area contributed by atoms with Gasteiger partial charge in [0.2, 0.25) is 5.89 Å². The Morgan fingerprint density at radius 1 is 1.21 bits per heavy atom. The van der Waals surface area contributed by atoms with E-state index in [4.69, 9.17) is 20.9 Å². The first-order chi connectivity index (χ1) is 14.1. The molecule has 0 saturated carbocycles. The second kappa shape index (κ2) is 7.09. The van der Waals surface area contributed by atoms with E-state index >= 15 is 0 Å². The van der Waals surface area contributed by atoms with Crippen LogP contribution in [0.25, 0.3) is 11.2 Å². The SMILES string of the molecule is Cn1cnc2ncn(Cc3nc([C@@H]4CO[C@@H](c5ccc(Cl)cc5)C4)no3)c(=O)c21. The van der Waals surface area contributed by atoms with Crippen LogP contribution in [0.15, 0.2) is 46.2 Å². The molecule has 2 atom stereocenters. The van der Waals surface area contributed by atoms with E-state index in [9.17, 15) is 4.79 Å². The predicted molar refractivity (Wildman–Crippen MR) is 104 cm³/mol. The van der Waals surface area contributed by atoms with Gasteiger partial charge < -0.3 is 13.8 Å². The zero-order valence-electron chi connectivity index (χ0n) is 15.5. The molecular weight excluding hydrogens is 396 g/mol. The highest BCUT2D eigenvalue weighted by Gasteiger charge is 2.31. The second-order valence-corrected chi connectivity index (χ2v) is 7.49. The van der Waals surface area contributed by atoms with Crippen LogP contribution in [-0.2, 0) is 18.3 Å². The van der Waals surface area contributed by atoms with Crippen LogP contribution in [0.1, 0.15) is 35.7 Å². The minimum Gasteiger partial charge on any atom is -0.373 e. The third-order valence-electron chi connectivity index (χ3n) is 5.09. The lowest BCUT2D eigenvalue weighted by molar-refractivity contribution is 0.110. The first-order valence-corrected chi connectivity index (χ1v) is 9.52. The van der Waals surface area contributed by atoms with Crippen LogP contribution in [0.2, 0.25) is 5.02 Å². The summed E-state index contributed by atoms with van der Waals surface area (Å²) < 4.78 is 14.4. The summed E-state index contributed by atoms with van der Waals surface area (Å²) in [4.78, 5) is 25.4. The maximum absolute atomic E-state index is 12.6. The van der Waals surface area contributed by atoms with E-state index in [2.05, 4.69) is 20.1 Å². The highest BCUT2D eigenvalue weighted by molar-refractivity contribution is 6.30. The van der Waals surface area contributed by atoms with E-state index in [1.165, 1.54) is 10.9 Å². The largest absolute Gasteiger partial charge is 0.373 e. The fourth-order valence-electron chi connectivity index (χ4n) is 3.54. The first-order valence-electron chi connectivity index (χ1n) is 9.14. The maximum Gasteiger partial charge on any atom is 0.280 e. The summed E-state index contributed by atoms with van der Waals surface area (Å²) in [6, 6.07) is 7.63. The lowest BCUT2D eigenvalue weighted by Crippen LogP contribution is -2.22. The van der Waals surface area contributed by atoms with Gasteiger partial charge in [-0.1, -0.05) is 28.9 Å². The van der Waals surface area contributed by atoms with Crippen molar-refractivity contribution in [2.75, 3.05) is 6.61 Å². The Balaban J connectivity index is 1.32. The summed E-state index contributed by atoms with van der Waals surface area (Å²) in [6.45, 7) is 0.656. The molecule has 29 heavy (non-hydrogen) atoms. The molecule has 0 amide bonds. The standard InChI is InChI=1S/C19H17ClN6O3/c1-25-9-21-18-16(25)19(27)26(10-22-18)7-15-23-17(24-29-15)12-6-14(28-8-12)11-2-4-13(20)5-3-11/h2-5,9-10,12,14H,6-8H2,1H3/t12-,14+/m0/s1. The van der Waals surface area contributed by atoms with Crippen molar-refractivity contribution in [1.29, 1.82) is 0 Å². The molecule has 0 N–H and O–H groups in total. The van der Waals surface area contributed by atoms with Crippen molar-refractivity contribution in [2.24, 2.45) is 7.05 Å². The van der Waals surface area contributed by atoms with Crippen molar-refractivity contribution < 1.29 is 9.26 Å². The van der Waals surface area contributed by atoms with Gasteiger partial charge in [0.15, 0.2) is 17.0 Å². The number of aromatic nitrogens is 6. The van der Waals surface area contributed by atoms with Crippen LogP contribution in [0.5, 0.6) is 0 Å². The van der Waals surface area contributed by atoms with Crippen molar-refractivity contribution in [3.63, 3.8) is 0 Å². The molecule has 0 unspecified atom stereocenters. The third-order valence-corrected chi connectivity index (χ3v) is 5.35. The fourth-order valence-corrected chi connectivity index (χ4v) is 3.67. The van der Waals surface area contributed by atoms with Crippen LogP contribution >= 0.6 is 11.6 Å². The number of nitrogens with zero attached hydrogens (tertiary/aromatic N) is 6. The van der Waals surface area contributed by atoms with Gasteiger partial charge in [-0.15, -0.1) is 0 Å². The molecule has 1 aliphatic heterocycles. The van der Waals surface area contributed by atoms with Gasteiger partial charge in [0.1, 0.15) is 12.9 Å². The van der Waals surface area contributed by atoms with Crippen LogP contribution in [0.3, 0.4) is 0 Å². The topological polar surface area (TPSA) is 101 Å². The van der Waals surface area contributed by atoms with E-state index < -0.39 is 0 Å². The molecule has 10 heteroatoms. The van der Waals surface area contributed by atoms with Gasteiger partial charge in [0.25, 0.3) is 5.56 Å². The molecule has 4 aromatic rings. The molecule has 0 bridgehead atoms. The molecule has 148 valence electrons. The number of hydrogen-bond acceptors (Lipinski definition) is 7. The molecule has 3 aromatic heterocycles. The Bertz CT molecular complexity index is 1230. The number of benzene rings is 1. The van der Waals surface area contributed by atoms with E-state index in [-0.39, 0.29) is 24.1 Å². The van der Waals surface area contributed by atoms with Crippen LogP contribution in [0.4, 0.5) is 0 Å². The number of rotatable bonds is 4. The zero-order valence-corrected chi connectivity index (χ0v) is 16.3. The van der Waals surface area contributed by atoms with Crippen LogP contribution < -0.4 is 5.56 Å². The number of aryl methyl sites for hydroxylation is 1. The van der Waals surface area contributed by atoms with E-state index in [1.54, 1.807) is 17.9 Å². The quantitative estimate of drug-likeness (QED) is 0.507. The van der Waals surface area contributed by atoms with Gasteiger partial charge in [0.05, 0.1) is 19.0 Å². The Hall–Kier alpha value is -3.04. The summed E-state index contributed by atoms with van der Waals surface area (Å²) >= 11 is 5.95. The zero-order chi connectivity index (χ0) is 20.0. The van der Waals surface area contributed by atoms with Crippen molar-refractivity contribution >= 4 is 22.8 Å². The van der Waals surface area contributed by atoms with Gasteiger partial charge in [-0.05, 0) is 24.1 Å². The Morgan fingerprint density at radius 3 is 2.83 bits per heavy atom. The van der Waals surface area contributed by atoms with Gasteiger partial charge in [0, 0.05) is 18.0 Å². The number of fused-ring (bicyclic) bond motifs is 1. The smallest absolute Gasteiger partial charge is 0.280 e. The van der Waals surface area contributed by atoms with E-state index in [1.807, 2.05) is 24.3 Å². The summed E-state index contributed by atoms with van der Waals surface area (Å²) in [5.41, 5.74) is 1.71. The second-order valence-electron chi connectivity index (χ2n) is 7.06. The number of halogens is 1. The highest BCUT2D eigenvalue weighted by atomic mass is 35.5.